The van der Waals surface area contributed by atoms with Crippen molar-refractivity contribution < 1.29 is 48.8 Å². The van der Waals surface area contributed by atoms with Crippen LogP contribution in [0.5, 0.6) is 5.75 Å². The molecule has 0 aromatic heterocycles. The molecule has 0 radical (unpaired) electrons. The molecule has 21 heavy (non-hydrogen) atoms. The first-order valence-electron chi connectivity index (χ1n) is 6.54. The third kappa shape index (κ3) is 4.27. The largest absolute Gasteiger partial charge is 1.00 e. The molecule has 120 valence electrons. The van der Waals surface area contributed by atoms with Gasteiger partial charge in [-0.1, -0.05) is 0 Å². The molecule has 4 atom stereocenters. The average molecular weight is 411 g/mol. The van der Waals surface area contributed by atoms with E-state index in [0.717, 1.165) is 5.69 Å². The van der Waals surface area contributed by atoms with Crippen molar-refractivity contribution in [1.29, 1.82) is 0 Å². The van der Waals surface area contributed by atoms with Gasteiger partial charge < -0.3 is 48.8 Å². The maximum Gasteiger partial charge on any atom is 0.229 e. The van der Waals surface area contributed by atoms with Gasteiger partial charge in [-0.05, 0) is 12.1 Å². The molecule has 1 aromatic carbocycles. The topological polar surface area (TPSA) is 79.2 Å². The van der Waals surface area contributed by atoms with Crippen molar-refractivity contribution >= 4 is 5.69 Å². The lowest BCUT2D eigenvalue weighted by atomic mass is 10.1. The normalized spacial score (nSPS) is 29.0. The van der Waals surface area contributed by atoms with Crippen molar-refractivity contribution in [3.63, 3.8) is 0 Å². The number of aliphatic hydroxyl groups is 3. The molecule has 0 saturated carbocycles. The second-order valence-corrected chi connectivity index (χ2v) is 5.83. The summed E-state index contributed by atoms with van der Waals surface area (Å²) in [6.07, 6.45) is -4.11. The highest BCUT2D eigenvalue weighted by molar-refractivity contribution is 5.44. The predicted molar refractivity (Wildman–Crippen MR) is 74.4 cm³/mol. The van der Waals surface area contributed by atoms with Crippen LogP contribution in [0.4, 0.5) is 5.69 Å². The fourth-order valence-corrected chi connectivity index (χ4v) is 2.07. The highest BCUT2D eigenvalue weighted by atomic mass is 127. The van der Waals surface area contributed by atoms with Crippen molar-refractivity contribution in [3.8, 4) is 5.75 Å². The molecule has 1 aliphatic rings. The minimum absolute atomic E-state index is 0. The molecule has 1 heterocycles. The number of ether oxygens (including phenoxy) is 2. The van der Waals surface area contributed by atoms with Crippen LogP contribution in [0.3, 0.4) is 0 Å². The highest BCUT2D eigenvalue weighted by Gasteiger charge is 2.43. The molecule has 1 aliphatic heterocycles. The lowest BCUT2D eigenvalue weighted by Gasteiger charge is -2.23. The highest BCUT2D eigenvalue weighted by Crippen LogP contribution is 2.26. The van der Waals surface area contributed by atoms with Gasteiger partial charge in [0, 0.05) is 12.1 Å². The summed E-state index contributed by atoms with van der Waals surface area (Å²) in [4.78, 5) is 0. The summed E-state index contributed by atoms with van der Waals surface area (Å²) in [7, 11) is 6.17. The molecule has 0 aliphatic carbocycles. The molecule has 1 fully saturated rings. The number of halogens is 1. The minimum Gasteiger partial charge on any atom is -1.00 e. The van der Waals surface area contributed by atoms with E-state index < -0.39 is 24.6 Å². The molecule has 0 bridgehead atoms. The Labute approximate surface area is 141 Å². The van der Waals surface area contributed by atoms with Gasteiger partial charge in [0.15, 0.2) is 0 Å². The van der Waals surface area contributed by atoms with E-state index in [0.29, 0.717) is 10.2 Å². The Hall–Kier alpha value is -0.450. The molecule has 2 rings (SSSR count). The van der Waals surface area contributed by atoms with Gasteiger partial charge in [0.25, 0.3) is 0 Å². The molecule has 0 unspecified atom stereocenters. The maximum absolute atomic E-state index is 9.79. The first-order valence-corrected chi connectivity index (χ1v) is 6.54. The van der Waals surface area contributed by atoms with Crippen LogP contribution in [0.25, 0.3) is 0 Å². The predicted octanol–water partition coefficient (Wildman–Crippen LogP) is -3.29. The zero-order valence-electron chi connectivity index (χ0n) is 12.3. The number of benzene rings is 1. The van der Waals surface area contributed by atoms with E-state index in [4.69, 9.17) is 14.6 Å². The van der Waals surface area contributed by atoms with Gasteiger partial charge in [0.05, 0.1) is 27.7 Å². The number of quaternary nitrogens is 1. The monoisotopic (exact) mass is 411 g/mol. The van der Waals surface area contributed by atoms with Crippen molar-refractivity contribution in [2.24, 2.45) is 0 Å². The lowest BCUT2D eigenvalue weighted by Crippen LogP contribution is -3.00. The van der Waals surface area contributed by atoms with Gasteiger partial charge in [0.1, 0.15) is 29.7 Å². The summed E-state index contributed by atoms with van der Waals surface area (Å²) < 4.78 is 11.5. The van der Waals surface area contributed by atoms with Gasteiger partial charge >= 0.3 is 0 Å². The molecule has 7 heteroatoms. The van der Waals surface area contributed by atoms with Crippen LogP contribution < -0.4 is 33.2 Å². The van der Waals surface area contributed by atoms with E-state index in [2.05, 4.69) is 21.1 Å². The summed E-state index contributed by atoms with van der Waals surface area (Å²) in [6, 6.07) is 7.42. The number of hydrogen-bond acceptors (Lipinski definition) is 5. The van der Waals surface area contributed by atoms with Crippen LogP contribution in [0, 0.1) is 0 Å². The number of nitrogens with zero attached hydrogens (tertiary/aromatic N) is 1. The summed E-state index contributed by atoms with van der Waals surface area (Å²) >= 11 is 0. The Bertz CT molecular complexity index is 448. The molecule has 0 amide bonds. The Morgan fingerprint density at radius 1 is 1.10 bits per heavy atom. The van der Waals surface area contributed by atoms with Crippen molar-refractivity contribution in [2.75, 3.05) is 27.7 Å². The molecular formula is C14H22INO5. The molecule has 3 N–H and O–H groups in total. The summed E-state index contributed by atoms with van der Waals surface area (Å²) in [5.41, 5.74) is 1.11. The van der Waals surface area contributed by atoms with Crippen LogP contribution in [0.2, 0.25) is 0 Å². The first kappa shape index (κ1) is 18.6. The summed E-state index contributed by atoms with van der Waals surface area (Å²) in [5.74, 6) is 0.539. The Balaban J connectivity index is 0.00000220. The SMILES string of the molecule is C[N+](C)(C)c1ccc(O[C@@H]2O[C@H](CO)[C@@H](O)[C@H]2O)cc1.[I-]. The van der Waals surface area contributed by atoms with E-state index in [9.17, 15) is 10.2 Å². The van der Waals surface area contributed by atoms with Crippen molar-refractivity contribution in [3.05, 3.63) is 24.3 Å². The first-order chi connectivity index (χ1) is 9.32. The van der Waals surface area contributed by atoms with Gasteiger partial charge in [-0.2, -0.15) is 0 Å². The third-order valence-corrected chi connectivity index (χ3v) is 3.36. The van der Waals surface area contributed by atoms with E-state index in [1.165, 1.54) is 0 Å². The number of rotatable bonds is 4. The standard InChI is InChI=1S/C14H22NO5.HI/c1-15(2,3)9-4-6-10(7-5-9)19-14-13(18)12(17)11(8-16)20-14;/h4-7,11-14,16-18H,8H2,1-3H3;1H/q+1;/p-1/t11-,12-,13-,14-;/m1./s1. The lowest BCUT2D eigenvalue weighted by molar-refractivity contribution is -0.116. The second-order valence-electron chi connectivity index (χ2n) is 5.83. The Morgan fingerprint density at radius 2 is 1.67 bits per heavy atom. The van der Waals surface area contributed by atoms with Crippen LogP contribution in [-0.2, 0) is 4.74 Å². The van der Waals surface area contributed by atoms with E-state index in [1.807, 2.05) is 12.1 Å². The van der Waals surface area contributed by atoms with E-state index >= 15 is 0 Å². The number of hydrogen-bond donors (Lipinski definition) is 3. The number of aliphatic hydroxyl groups excluding tert-OH is 3. The van der Waals surface area contributed by atoms with Gasteiger partial charge in [0.2, 0.25) is 6.29 Å². The zero-order valence-corrected chi connectivity index (χ0v) is 14.5. The molecular weight excluding hydrogens is 389 g/mol. The van der Waals surface area contributed by atoms with Crippen molar-refractivity contribution in [1.82, 2.24) is 4.48 Å². The molecule has 6 nitrogen and oxygen atoms in total. The van der Waals surface area contributed by atoms with Crippen LogP contribution in [-0.4, -0.2) is 67.7 Å². The Kier molecular flexibility index (Phi) is 6.38. The molecule has 0 spiro atoms. The Morgan fingerprint density at radius 3 is 2.10 bits per heavy atom. The molecule has 1 saturated heterocycles. The zero-order chi connectivity index (χ0) is 14.9. The van der Waals surface area contributed by atoms with Crippen LogP contribution in [0.15, 0.2) is 24.3 Å². The van der Waals surface area contributed by atoms with E-state index in [-0.39, 0.29) is 30.6 Å². The van der Waals surface area contributed by atoms with Crippen molar-refractivity contribution in [2.45, 2.75) is 24.6 Å². The van der Waals surface area contributed by atoms with Crippen LogP contribution >= 0.6 is 0 Å². The van der Waals surface area contributed by atoms with Crippen LogP contribution in [0.1, 0.15) is 0 Å². The smallest absolute Gasteiger partial charge is 0.229 e. The maximum atomic E-state index is 9.79. The van der Waals surface area contributed by atoms with Gasteiger partial charge in [-0.3, -0.25) is 4.48 Å². The third-order valence-electron chi connectivity index (χ3n) is 3.36. The fraction of sp³-hybridized carbons (Fsp3) is 0.571. The van der Waals surface area contributed by atoms with E-state index in [1.54, 1.807) is 12.1 Å². The summed E-state index contributed by atoms with van der Waals surface area (Å²) in [5, 5.41) is 28.4. The fourth-order valence-electron chi connectivity index (χ4n) is 2.07. The quantitative estimate of drug-likeness (QED) is 0.358. The second kappa shape index (κ2) is 7.21. The average Bonchev–Trinajstić information content (AvgIpc) is 2.66. The minimum atomic E-state index is -1.18. The summed E-state index contributed by atoms with van der Waals surface area (Å²) in [6.45, 7) is -0.363. The van der Waals surface area contributed by atoms with Gasteiger partial charge in [-0.25, -0.2) is 0 Å². The molecule has 1 aromatic rings. The van der Waals surface area contributed by atoms with Gasteiger partial charge in [-0.15, -0.1) is 0 Å².